The van der Waals surface area contributed by atoms with Crippen molar-refractivity contribution in [2.75, 3.05) is 20.1 Å². The molecule has 0 aliphatic heterocycles. The molecule has 5 nitrogen and oxygen atoms in total. The van der Waals surface area contributed by atoms with Crippen molar-refractivity contribution in [2.45, 2.75) is 45.7 Å². The van der Waals surface area contributed by atoms with Crippen molar-refractivity contribution in [3.8, 4) is 0 Å². The monoisotopic (exact) mass is 367 g/mol. The number of nitrogens with one attached hydrogen (secondary N) is 1. The van der Waals surface area contributed by atoms with Crippen LogP contribution in [0.4, 0.5) is 0 Å². The number of aryl methyl sites for hydroxylation is 1. The first kappa shape index (κ1) is 19.4. The van der Waals surface area contributed by atoms with Gasteiger partial charge in [0.05, 0.1) is 19.1 Å². The summed E-state index contributed by atoms with van der Waals surface area (Å²) in [6, 6.07) is 12.8. The van der Waals surface area contributed by atoms with Gasteiger partial charge in [-0.1, -0.05) is 30.3 Å². The number of benzene rings is 1. The predicted molar refractivity (Wildman–Crippen MR) is 107 cm³/mol. The first-order chi connectivity index (χ1) is 12.9. The van der Waals surface area contributed by atoms with Gasteiger partial charge in [-0.2, -0.15) is 0 Å². The average molecular weight is 367 g/mol. The summed E-state index contributed by atoms with van der Waals surface area (Å²) in [4.78, 5) is 26.5. The number of ketones is 1. The Balaban J connectivity index is 1.69. The minimum atomic E-state index is -0.00373. The Morgan fingerprint density at radius 1 is 1.19 bits per heavy atom. The maximum atomic E-state index is 12.8. The van der Waals surface area contributed by atoms with Crippen LogP contribution >= 0.6 is 0 Å². The van der Waals surface area contributed by atoms with Gasteiger partial charge in [-0.25, -0.2) is 0 Å². The van der Waals surface area contributed by atoms with Crippen LogP contribution in [0.3, 0.4) is 0 Å². The molecule has 1 aliphatic rings. The van der Waals surface area contributed by atoms with Crippen LogP contribution in [0.1, 0.15) is 53.1 Å². The Kier molecular flexibility index (Phi) is 5.80. The highest BCUT2D eigenvalue weighted by Gasteiger charge is 2.24. The lowest BCUT2D eigenvalue weighted by molar-refractivity contribution is -0.121. The molecule has 1 N–H and O–H groups in total. The Bertz CT molecular complexity index is 822. The number of carbonyl (C=O) groups is 2. The minimum Gasteiger partial charge on any atom is -0.352 e. The molecular weight excluding hydrogens is 338 g/mol. The molecule has 0 radical (unpaired) electrons. The fourth-order valence-electron chi connectivity index (χ4n) is 3.67. The van der Waals surface area contributed by atoms with Crippen LogP contribution in [0.5, 0.6) is 0 Å². The maximum absolute atomic E-state index is 12.8. The van der Waals surface area contributed by atoms with E-state index in [-0.39, 0.29) is 30.8 Å². The molecule has 1 aromatic heterocycles. The van der Waals surface area contributed by atoms with Gasteiger partial charge in [0, 0.05) is 23.0 Å². The molecule has 0 saturated heterocycles. The van der Waals surface area contributed by atoms with E-state index in [1.165, 1.54) is 5.56 Å². The molecule has 1 fully saturated rings. The third-order valence-corrected chi connectivity index (χ3v) is 5.22. The third kappa shape index (κ3) is 4.66. The number of amides is 1. The lowest BCUT2D eigenvalue weighted by atomic mass is 10.1. The summed E-state index contributed by atoms with van der Waals surface area (Å²) in [5, 5.41) is 2.96. The van der Waals surface area contributed by atoms with Crippen molar-refractivity contribution >= 4 is 11.7 Å². The Morgan fingerprint density at radius 2 is 1.85 bits per heavy atom. The summed E-state index contributed by atoms with van der Waals surface area (Å²) in [6.45, 7) is 6.68. The average Bonchev–Trinajstić information content (AvgIpc) is 3.38. The van der Waals surface area contributed by atoms with Crippen molar-refractivity contribution in [3.63, 3.8) is 0 Å². The summed E-state index contributed by atoms with van der Waals surface area (Å²) in [5.41, 5.74) is 4.00. The molecule has 0 unspecified atom stereocenters. The van der Waals surface area contributed by atoms with Crippen LogP contribution < -0.4 is 5.32 Å². The normalized spacial score (nSPS) is 15.0. The fraction of sp³-hybridized carbons (Fsp3) is 0.455. The first-order valence-electron chi connectivity index (χ1n) is 9.61. The number of rotatable bonds is 8. The van der Waals surface area contributed by atoms with Gasteiger partial charge in [-0.15, -0.1) is 0 Å². The molecular formula is C22H29N3O2. The van der Waals surface area contributed by atoms with E-state index in [1.54, 1.807) is 4.90 Å². The van der Waals surface area contributed by atoms with Gasteiger partial charge in [-0.05, 0) is 52.3 Å². The van der Waals surface area contributed by atoms with E-state index in [9.17, 15) is 9.59 Å². The van der Waals surface area contributed by atoms with Crippen molar-refractivity contribution in [2.24, 2.45) is 0 Å². The largest absolute Gasteiger partial charge is 0.352 e. The lowest BCUT2D eigenvalue weighted by Gasteiger charge is -2.19. The molecule has 144 valence electrons. The number of Topliss-reactive ketones (excluding diaryl/α,β-unsaturated/α-hetero) is 1. The second-order valence-corrected chi connectivity index (χ2v) is 7.68. The highest BCUT2D eigenvalue weighted by molar-refractivity contribution is 5.99. The van der Waals surface area contributed by atoms with E-state index in [2.05, 4.69) is 28.9 Å². The minimum absolute atomic E-state index is 0.00373. The second kappa shape index (κ2) is 8.09. The topological polar surface area (TPSA) is 54.3 Å². The smallest absolute Gasteiger partial charge is 0.234 e. The van der Waals surface area contributed by atoms with Crippen molar-refractivity contribution in [1.82, 2.24) is 14.8 Å². The molecule has 0 bridgehead atoms. The highest BCUT2D eigenvalue weighted by Crippen LogP contribution is 2.26. The molecule has 2 aromatic rings. The standard InChI is InChI=1S/C22H29N3O2/c1-15-12-20(17(3)25(15)16(2)18-8-6-5-7-9-18)21(26)13-24(4)14-22(27)23-19-10-11-19/h5-9,12,16,19H,10-11,13-14H2,1-4H3,(H,23,27)/t16-/m0/s1. The summed E-state index contributed by atoms with van der Waals surface area (Å²) < 4.78 is 2.21. The van der Waals surface area contributed by atoms with E-state index in [1.807, 2.05) is 45.2 Å². The second-order valence-electron chi connectivity index (χ2n) is 7.68. The number of nitrogens with zero attached hydrogens (tertiary/aromatic N) is 2. The van der Waals surface area contributed by atoms with Crippen molar-refractivity contribution in [1.29, 1.82) is 0 Å². The molecule has 1 saturated carbocycles. The van der Waals surface area contributed by atoms with Crippen molar-refractivity contribution < 1.29 is 9.59 Å². The van der Waals surface area contributed by atoms with Crippen molar-refractivity contribution in [3.05, 3.63) is 58.9 Å². The number of likely N-dealkylation sites (N-methyl/N-ethyl adjacent to an activating group) is 1. The quantitative estimate of drug-likeness (QED) is 0.730. The lowest BCUT2D eigenvalue weighted by Crippen LogP contribution is -2.38. The van der Waals surface area contributed by atoms with E-state index in [4.69, 9.17) is 0 Å². The molecule has 1 heterocycles. The van der Waals surface area contributed by atoms with Gasteiger partial charge in [0.25, 0.3) is 0 Å². The van der Waals surface area contributed by atoms with Gasteiger partial charge < -0.3 is 9.88 Å². The predicted octanol–water partition coefficient (Wildman–Crippen LogP) is 3.11. The van der Waals surface area contributed by atoms with Crippen LogP contribution in [0.25, 0.3) is 0 Å². The first-order valence-corrected chi connectivity index (χ1v) is 9.61. The van der Waals surface area contributed by atoms with Crippen LogP contribution in [-0.4, -0.2) is 47.3 Å². The summed E-state index contributed by atoms with van der Waals surface area (Å²) in [7, 11) is 1.82. The Labute approximate surface area is 161 Å². The van der Waals surface area contributed by atoms with E-state index in [0.29, 0.717) is 6.04 Å². The maximum Gasteiger partial charge on any atom is 0.234 e. The number of hydrogen-bond donors (Lipinski definition) is 1. The number of hydrogen-bond acceptors (Lipinski definition) is 3. The summed E-state index contributed by atoms with van der Waals surface area (Å²) >= 11 is 0. The SMILES string of the molecule is Cc1cc(C(=O)CN(C)CC(=O)NC2CC2)c(C)n1[C@@H](C)c1ccccc1. The molecule has 27 heavy (non-hydrogen) atoms. The van der Waals surface area contributed by atoms with Gasteiger partial charge in [0.1, 0.15) is 0 Å². The zero-order valence-corrected chi connectivity index (χ0v) is 16.7. The Morgan fingerprint density at radius 3 is 2.48 bits per heavy atom. The summed E-state index contributed by atoms with van der Waals surface area (Å²) in [5.74, 6) is 0.0484. The fourth-order valence-corrected chi connectivity index (χ4v) is 3.67. The van der Waals surface area contributed by atoms with E-state index >= 15 is 0 Å². The van der Waals surface area contributed by atoms with Crippen LogP contribution in [0, 0.1) is 13.8 Å². The molecule has 0 spiro atoms. The molecule has 3 rings (SSSR count). The molecule has 5 heteroatoms. The zero-order valence-electron chi connectivity index (χ0n) is 16.7. The Hall–Kier alpha value is -2.40. The van der Waals surface area contributed by atoms with E-state index in [0.717, 1.165) is 29.8 Å². The zero-order chi connectivity index (χ0) is 19.6. The molecule has 1 amide bonds. The van der Waals surface area contributed by atoms with Crippen LogP contribution in [0.15, 0.2) is 36.4 Å². The van der Waals surface area contributed by atoms with Gasteiger partial charge in [-0.3, -0.25) is 14.5 Å². The van der Waals surface area contributed by atoms with Crippen LogP contribution in [-0.2, 0) is 4.79 Å². The molecule has 1 atom stereocenters. The van der Waals surface area contributed by atoms with Gasteiger partial charge >= 0.3 is 0 Å². The summed E-state index contributed by atoms with van der Waals surface area (Å²) in [6.07, 6.45) is 2.14. The molecule has 1 aromatic carbocycles. The van der Waals surface area contributed by atoms with Gasteiger partial charge in [0.15, 0.2) is 5.78 Å². The molecule has 1 aliphatic carbocycles. The highest BCUT2D eigenvalue weighted by atomic mass is 16.2. The van der Waals surface area contributed by atoms with Crippen LogP contribution in [0.2, 0.25) is 0 Å². The number of carbonyl (C=O) groups excluding carboxylic acids is 2. The number of aromatic nitrogens is 1. The third-order valence-electron chi connectivity index (χ3n) is 5.22. The van der Waals surface area contributed by atoms with E-state index < -0.39 is 0 Å². The van der Waals surface area contributed by atoms with Gasteiger partial charge in [0.2, 0.25) is 5.91 Å².